The van der Waals surface area contributed by atoms with E-state index in [1.54, 1.807) is 41.2 Å². The summed E-state index contributed by atoms with van der Waals surface area (Å²) in [5.41, 5.74) is 1.50. The molecule has 1 aromatic carbocycles. The molecule has 1 atom stereocenters. The molecule has 0 spiro atoms. The zero-order valence-electron chi connectivity index (χ0n) is 18.4. The molecule has 2 aromatic rings. The van der Waals surface area contributed by atoms with Crippen LogP contribution in [0.5, 0.6) is 5.75 Å². The Morgan fingerprint density at radius 1 is 1.22 bits per heavy atom. The van der Waals surface area contributed by atoms with Crippen molar-refractivity contribution < 1.29 is 19.1 Å². The highest BCUT2D eigenvalue weighted by Gasteiger charge is 2.32. The van der Waals surface area contributed by atoms with Crippen LogP contribution in [0.4, 0.5) is 0 Å². The number of carbonyl (C=O) groups excluding carboxylic acids is 2. The normalized spacial score (nSPS) is 18.2. The van der Waals surface area contributed by atoms with Gasteiger partial charge in [0.2, 0.25) is 5.91 Å². The Kier molecular flexibility index (Phi) is 6.55. The fraction of sp³-hybridized carbons (Fsp3) is 0.478. The lowest BCUT2D eigenvalue weighted by molar-refractivity contribution is -0.136. The number of likely N-dealkylation sites (tertiary alicyclic amines) is 1. The number of fused-ring (bicyclic) bond motifs is 1. The third-order valence-electron chi connectivity index (χ3n) is 6.10. The molecule has 2 aliphatic rings. The molecule has 0 radical (unpaired) electrons. The maximum absolute atomic E-state index is 13.3. The van der Waals surface area contributed by atoms with Crippen LogP contribution in [0.2, 0.25) is 0 Å². The number of amides is 2. The van der Waals surface area contributed by atoms with Crippen LogP contribution in [0.25, 0.3) is 0 Å². The zero-order chi connectivity index (χ0) is 22.7. The van der Waals surface area contributed by atoms with E-state index < -0.39 is 0 Å². The van der Waals surface area contributed by atoms with Crippen LogP contribution in [0.1, 0.15) is 52.7 Å². The number of rotatable bonds is 5. The van der Waals surface area contributed by atoms with Gasteiger partial charge in [-0.15, -0.1) is 0 Å². The van der Waals surface area contributed by atoms with E-state index in [1.807, 2.05) is 0 Å². The number of carbonyl (C=O) groups is 2. The number of ether oxygens (including phenoxy) is 2. The smallest absolute Gasteiger partial charge is 0.256 e. The SMILES string of the molecule is COCC(=O)N1CCc2nc([C@H]3CCCCN3C(=O)c3cccc(OC)c3)[nH]c(=O)c2C1. The van der Waals surface area contributed by atoms with E-state index in [0.29, 0.717) is 47.9 Å². The van der Waals surface area contributed by atoms with E-state index >= 15 is 0 Å². The summed E-state index contributed by atoms with van der Waals surface area (Å²) < 4.78 is 10.2. The highest BCUT2D eigenvalue weighted by Crippen LogP contribution is 2.31. The van der Waals surface area contributed by atoms with Gasteiger partial charge in [-0.25, -0.2) is 4.98 Å². The predicted molar refractivity (Wildman–Crippen MR) is 116 cm³/mol. The van der Waals surface area contributed by atoms with Gasteiger partial charge in [0.25, 0.3) is 11.5 Å². The maximum atomic E-state index is 13.3. The Balaban J connectivity index is 1.61. The third kappa shape index (κ3) is 4.38. The van der Waals surface area contributed by atoms with Crippen molar-refractivity contribution in [1.82, 2.24) is 19.8 Å². The van der Waals surface area contributed by atoms with E-state index in [9.17, 15) is 14.4 Å². The summed E-state index contributed by atoms with van der Waals surface area (Å²) in [7, 11) is 3.04. The largest absolute Gasteiger partial charge is 0.497 e. The number of aromatic amines is 1. The van der Waals surface area contributed by atoms with Crippen molar-refractivity contribution >= 4 is 11.8 Å². The zero-order valence-corrected chi connectivity index (χ0v) is 18.4. The van der Waals surface area contributed by atoms with E-state index in [0.717, 1.165) is 19.3 Å². The van der Waals surface area contributed by atoms with Crippen molar-refractivity contribution in [2.75, 3.05) is 33.9 Å². The van der Waals surface area contributed by atoms with Gasteiger partial charge in [-0.05, 0) is 37.5 Å². The summed E-state index contributed by atoms with van der Waals surface area (Å²) in [6.07, 6.45) is 3.08. The van der Waals surface area contributed by atoms with E-state index in [-0.39, 0.29) is 36.6 Å². The van der Waals surface area contributed by atoms with Crippen LogP contribution in [-0.4, -0.2) is 65.5 Å². The lowest BCUT2D eigenvalue weighted by Crippen LogP contribution is -2.43. The molecule has 3 heterocycles. The van der Waals surface area contributed by atoms with Gasteiger partial charge in [-0.2, -0.15) is 0 Å². The summed E-state index contributed by atoms with van der Waals surface area (Å²) in [5, 5.41) is 0. The minimum atomic E-state index is -0.298. The second-order valence-corrected chi connectivity index (χ2v) is 8.12. The first-order chi connectivity index (χ1) is 15.5. The topological polar surface area (TPSA) is 105 Å². The maximum Gasteiger partial charge on any atom is 0.256 e. The molecule has 0 bridgehead atoms. The first kappa shape index (κ1) is 22.0. The van der Waals surface area contributed by atoms with Crippen molar-refractivity contribution in [1.29, 1.82) is 0 Å². The molecule has 4 rings (SSSR count). The predicted octanol–water partition coefficient (Wildman–Crippen LogP) is 1.68. The second kappa shape index (κ2) is 9.52. The molecule has 9 heteroatoms. The highest BCUT2D eigenvalue weighted by atomic mass is 16.5. The van der Waals surface area contributed by atoms with Crippen LogP contribution >= 0.6 is 0 Å². The average Bonchev–Trinajstić information content (AvgIpc) is 2.83. The molecule has 1 saturated heterocycles. The molecular weight excluding hydrogens is 412 g/mol. The summed E-state index contributed by atoms with van der Waals surface area (Å²) >= 11 is 0. The first-order valence-electron chi connectivity index (χ1n) is 10.9. The number of nitrogens with zero attached hydrogens (tertiary/aromatic N) is 3. The van der Waals surface area contributed by atoms with Gasteiger partial charge in [0, 0.05) is 32.2 Å². The number of aromatic nitrogens is 2. The van der Waals surface area contributed by atoms with Crippen molar-refractivity contribution in [2.45, 2.75) is 38.3 Å². The van der Waals surface area contributed by atoms with Gasteiger partial charge in [0.15, 0.2) is 0 Å². The van der Waals surface area contributed by atoms with Crippen molar-refractivity contribution in [2.24, 2.45) is 0 Å². The quantitative estimate of drug-likeness (QED) is 0.759. The first-order valence-corrected chi connectivity index (χ1v) is 10.9. The molecule has 32 heavy (non-hydrogen) atoms. The molecule has 0 aliphatic carbocycles. The Bertz CT molecular complexity index is 1070. The molecule has 0 saturated carbocycles. The number of methoxy groups -OCH3 is 2. The molecule has 0 unspecified atom stereocenters. The van der Waals surface area contributed by atoms with Crippen molar-refractivity contribution in [3.63, 3.8) is 0 Å². The van der Waals surface area contributed by atoms with Crippen LogP contribution in [0.3, 0.4) is 0 Å². The number of hydrogen-bond donors (Lipinski definition) is 1. The van der Waals surface area contributed by atoms with E-state index in [1.165, 1.54) is 7.11 Å². The molecule has 1 N–H and O–H groups in total. The summed E-state index contributed by atoms with van der Waals surface area (Å²) in [6, 6.07) is 6.79. The average molecular weight is 441 g/mol. The summed E-state index contributed by atoms with van der Waals surface area (Å²) in [6.45, 7) is 1.29. The molecule has 2 amide bonds. The molecule has 1 fully saturated rings. The Morgan fingerprint density at radius 3 is 2.84 bits per heavy atom. The number of piperidine rings is 1. The van der Waals surface area contributed by atoms with Crippen LogP contribution in [-0.2, 0) is 22.5 Å². The third-order valence-corrected chi connectivity index (χ3v) is 6.10. The monoisotopic (exact) mass is 440 g/mol. The van der Waals surface area contributed by atoms with Gasteiger partial charge in [-0.1, -0.05) is 6.07 Å². The fourth-order valence-electron chi connectivity index (χ4n) is 4.41. The number of H-pyrrole nitrogens is 1. The molecule has 1 aromatic heterocycles. The van der Waals surface area contributed by atoms with Gasteiger partial charge in [0.05, 0.1) is 31.0 Å². The molecule has 9 nitrogen and oxygen atoms in total. The fourth-order valence-corrected chi connectivity index (χ4v) is 4.41. The van der Waals surface area contributed by atoms with Gasteiger partial charge < -0.3 is 24.3 Å². The van der Waals surface area contributed by atoms with Gasteiger partial charge in [0.1, 0.15) is 18.2 Å². The van der Waals surface area contributed by atoms with E-state index in [4.69, 9.17) is 14.5 Å². The summed E-state index contributed by atoms with van der Waals surface area (Å²) in [4.78, 5) is 49.4. The molecular formula is C23H28N4O5. The van der Waals surface area contributed by atoms with Crippen molar-refractivity contribution in [3.8, 4) is 5.75 Å². The number of hydrogen-bond acceptors (Lipinski definition) is 6. The molecule has 170 valence electrons. The minimum Gasteiger partial charge on any atom is -0.497 e. The Hall–Kier alpha value is -3.20. The molecule has 2 aliphatic heterocycles. The Labute approximate surface area is 186 Å². The highest BCUT2D eigenvalue weighted by molar-refractivity contribution is 5.95. The lowest BCUT2D eigenvalue weighted by atomic mass is 9.99. The van der Waals surface area contributed by atoms with E-state index in [2.05, 4.69) is 4.98 Å². The van der Waals surface area contributed by atoms with Gasteiger partial charge in [-0.3, -0.25) is 14.4 Å². The standard InChI is InChI=1S/C23H28N4O5/c1-31-14-20(28)26-11-9-18-17(13-26)22(29)25-21(24-18)19-8-3-4-10-27(19)23(30)15-6-5-7-16(12-15)32-2/h5-7,12,19H,3-4,8-11,13-14H2,1-2H3,(H,24,25,29)/t19-/m1/s1. The van der Waals surface area contributed by atoms with Crippen LogP contribution in [0, 0.1) is 0 Å². The lowest BCUT2D eigenvalue weighted by Gasteiger charge is -2.36. The van der Waals surface area contributed by atoms with Crippen molar-refractivity contribution in [3.05, 3.63) is 57.3 Å². The van der Waals surface area contributed by atoms with Crippen LogP contribution < -0.4 is 10.3 Å². The minimum absolute atomic E-state index is 0.0117. The second-order valence-electron chi connectivity index (χ2n) is 8.12. The Morgan fingerprint density at radius 2 is 2.06 bits per heavy atom. The summed E-state index contributed by atoms with van der Waals surface area (Å²) in [5.74, 6) is 0.882. The van der Waals surface area contributed by atoms with Gasteiger partial charge >= 0.3 is 0 Å². The number of benzene rings is 1. The van der Waals surface area contributed by atoms with Crippen LogP contribution in [0.15, 0.2) is 29.1 Å². The number of nitrogens with one attached hydrogen (secondary N) is 1.